The molecule has 0 aromatic heterocycles. The van der Waals surface area contributed by atoms with Crippen LogP contribution in [0.5, 0.6) is 0 Å². The monoisotopic (exact) mass is 182 g/mol. The summed E-state index contributed by atoms with van der Waals surface area (Å²) in [6.07, 6.45) is -5.22. The molecule has 0 fully saturated rings. The normalized spacial score (nSPS) is 18.4. The van der Waals surface area contributed by atoms with E-state index in [9.17, 15) is 4.79 Å². The van der Waals surface area contributed by atoms with Crippen LogP contribution < -0.4 is 0 Å². The molecule has 6 heteroatoms. The molecule has 0 heterocycles. The van der Waals surface area contributed by atoms with Gasteiger partial charge in [0.1, 0.15) is 24.9 Å². The molecule has 12 heavy (non-hydrogen) atoms. The van der Waals surface area contributed by atoms with Gasteiger partial charge >= 0.3 is 0 Å². The molecule has 3 atom stereocenters. The number of rotatable bonds is 5. The van der Waals surface area contributed by atoms with Crippen LogP contribution >= 0.6 is 0 Å². The van der Waals surface area contributed by atoms with Crippen molar-refractivity contribution in [2.45, 2.75) is 18.3 Å². The van der Waals surface area contributed by atoms with Crippen LogP contribution in [0.15, 0.2) is 0 Å². The fraction of sp³-hybridized carbons (Fsp3) is 0.833. The first-order valence-corrected chi connectivity index (χ1v) is 3.33. The molecule has 0 rings (SSSR count). The van der Waals surface area contributed by atoms with Gasteiger partial charge in [-0.2, -0.15) is 0 Å². The molecule has 0 saturated heterocycles. The number of carbonyl (C=O) groups is 1. The summed E-state index contributed by atoms with van der Waals surface area (Å²) in [6, 6.07) is 0. The van der Waals surface area contributed by atoms with Gasteiger partial charge < -0.3 is 25.5 Å². The van der Waals surface area contributed by atoms with Gasteiger partial charge in [-0.05, 0) is 0 Å². The number of ketones is 1. The lowest BCUT2D eigenvalue weighted by Gasteiger charge is -2.19. The largest absolute Gasteiger partial charge is 0.394 e. The Balaban J connectivity index is 0. The molecule has 3 unspecified atom stereocenters. The van der Waals surface area contributed by atoms with Gasteiger partial charge in [0.25, 0.3) is 0 Å². The molecular weight excluding hydrogens is 168 g/mol. The van der Waals surface area contributed by atoms with E-state index >= 15 is 0 Å². The summed E-state index contributed by atoms with van der Waals surface area (Å²) in [7, 11) is 0. The van der Waals surface area contributed by atoms with Gasteiger partial charge in [0.05, 0.1) is 6.61 Å². The molecule has 0 aliphatic carbocycles. The minimum Gasteiger partial charge on any atom is -0.394 e. The lowest BCUT2D eigenvalue weighted by molar-refractivity contribution is -0.142. The average Bonchev–Trinajstić information content (AvgIpc) is 2.12. The van der Waals surface area contributed by atoms with E-state index in [4.69, 9.17) is 25.5 Å². The number of aliphatic hydroxyl groups excluding tert-OH is 5. The van der Waals surface area contributed by atoms with Crippen LogP contribution in [0.1, 0.15) is 1.43 Å². The van der Waals surface area contributed by atoms with Crippen molar-refractivity contribution >= 4 is 5.78 Å². The average molecular weight is 182 g/mol. The van der Waals surface area contributed by atoms with E-state index < -0.39 is 37.3 Å². The highest BCUT2D eigenvalue weighted by molar-refractivity contribution is 5.84. The second-order valence-corrected chi connectivity index (χ2v) is 2.31. The van der Waals surface area contributed by atoms with Crippen LogP contribution in [-0.4, -0.2) is 62.8 Å². The molecule has 0 bridgehead atoms. The first-order chi connectivity index (χ1) is 5.54. The highest BCUT2D eigenvalue weighted by Gasteiger charge is 2.28. The number of aliphatic hydroxyl groups is 5. The highest BCUT2D eigenvalue weighted by atomic mass is 16.4. The van der Waals surface area contributed by atoms with Gasteiger partial charge in [-0.3, -0.25) is 4.79 Å². The van der Waals surface area contributed by atoms with Gasteiger partial charge in [0.15, 0.2) is 5.78 Å². The van der Waals surface area contributed by atoms with E-state index in [1.54, 1.807) is 0 Å². The summed E-state index contributed by atoms with van der Waals surface area (Å²) in [5.41, 5.74) is 0. The fourth-order valence-corrected chi connectivity index (χ4v) is 0.602. The summed E-state index contributed by atoms with van der Waals surface area (Å²) in [4.78, 5) is 10.5. The SMILES string of the molecule is O=C(CO)C(O)C(O)C(O)CO.[HH]. The lowest BCUT2D eigenvalue weighted by Crippen LogP contribution is -2.44. The summed E-state index contributed by atoms with van der Waals surface area (Å²) in [6.45, 7) is -1.69. The first kappa shape index (κ1) is 11.5. The zero-order chi connectivity index (χ0) is 9.72. The zero-order valence-corrected chi connectivity index (χ0v) is 6.29. The Morgan fingerprint density at radius 2 is 1.75 bits per heavy atom. The maximum absolute atomic E-state index is 10.5. The van der Waals surface area contributed by atoms with E-state index in [0.29, 0.717) is 0 Å². The van der Waals surface area contributed by atoms with Gasteiger partial charge in [-0.15, -0.1) is 0 Å². The van der Waals surface area contributed by atoms with E-state index in [0.717, 1.165) is 0 Å². The first-order valence-electron chi connectivity index (χ1n) is 3.33. The maximum Gasteiger partial charge on any atom is 0.189 e. The van der Waals surface area contributed by atoms with Crippen LogP contribution in [0.3, 0.4) is 0 Å². The quantitative estimate of drug-likeness (QED) is 0.307. The number of hydrogen-bond acceptors (Lipinski definition) is 6. The summed E-state index contributed by atoms with van der Waals surface area (Å²) in [5.74, 6) is -1.00. The van der Waals surface area contributed by atoms with Gasteiger partial charge in [0, 0.05) is 1.43 Å². The zero-order valence-electron chi connectivity index (χ0n) is 6.29. The van der Waals surface area contributed by atoms with Crippen LogP contribution in [0.25, 0.3) is 0 Å². The summed E-state index contributed by atoms with van der Waals surface area (Å²) >= 11 is 0. The van der Waals surface area contributed by atoms with Crippen molar-refractivity contribution in [1.29, 1.82) is 0 Å². The van der Waals surface area contributed by atoms with Gasteiger partial charge in [-0.1, -0.05) is 0 Å². The molecule has 0 aliphatic heterocycles. The van der Waals surface area contributed by atoms with Crippen molar-refractivity contribution in [2.75, 3.05) is 13.2 Å². The second kappa shape index (κ2) is 5.18. The Labute approximate surface area is 70.2 Å². The van der Waals surface area contributed by atoms with Crippen LogP contribution in [0.4, 0.5) is 0 Å². The van der Waals surface area contributed by atoms with Crippen molar-refractivity contribution in [2.24, 2.45) is 0 Å². The molecular formula is C6H14O6. The highest BCUT2D eigenvalue weighted by Crippen LogP contribution is 2.00. The molecule has 0 radical (unpaired) electrons. The van der Waals surface area contributed by atoms with Gasteiger partial charge in [0.2, 0.25) is 0 Å². The third-order valence-corrected chi connectivity index (χ3v) is 1.39. The minimum absolute atomic E-state index is 0. The molecule has 0 spiro atoms. The van der Waals surface area contributed by atoms with Gasteiger partial charge in [-0.25, -0.2) is 0 Å². The number of carbonyl (C=O) groups excluding carboxylic acids is 1. The maximum atomic E-state index is 10.5. The molecule has 0 aromatic carbocycles. The van der Waals surface area contributed by atoms with Crippen molar-refractivity contribution in [1.82, 2.24) is 0 Å². The van der Waals surface area contributed by atoms with Crippen LogP contribution in [0, 0.1) is 0 Å². The van der Waals surface area contributed by atoms with Crippen molar-refractivity contribution in [3.63, 3.8) is 0 Å². The molecule has 6 nitrogen and oxygen atoms in total. The molecule has 74 valence electrons. The van der Waals surface area contributed by atoms with E-state index in [-0.39, 0.29) is 1.43 Å². The fourth-order valence-electron chi connectivity index (χ4n) is 0.602. The summed E-state index contributed by atoms with van der Waals surface area (Å²) < 4.78 is 0. The Kier molecular flexibility index (Phi) is 4.95. The van der Waals surface area contributed by atoms with Crippen molar-refractivity contribution in [3.8, 4) is 0 Å². The molecule has 0 aliphatic rings. The third-order valence-electron chi connectivity index (χ3n) is 1.39. The third kappa shape index (κ3) is 2.84. The predicted octanol–water partition coefficient (Wildman–Crippen LogP) is -3.13. The Hall–Kier alpha value is -0.530. The molecule has 5 N–H and O–H groups in total. The molecule has 0 aromatic rings. The Morgan fingerprint density at radius 3 is 2.08 bits per heavy atom. The van der Waals surface area contributed by atoms with E-state index in [1.165, 1.54) is 0 Å². The van der Waals surface area contributed by atoms with Crippen molar-refractivity contribution in [3.05, 3.63) is 0 Å². The predicted molar refractivity (Wildman–Crippen MR) is 39.3 cm³/mol. The number of Topliss-reactive ketones (excluding diaryl/α,β-unsaturated/α-hetero) is 1. The van der Waals surface area contributed by atoms with Crippen LogP contribution in [0.2, 0.25) is 0 Å². The molecule has 0 saturated carbocycles. The van der Waals surface area contributed by atoms with E-state index in [2.05, 4.69) is 0 Å². The van der Waals surface area contributed by atoms with Crippen molar-refractivity contribution < 1.29 is 31.8 Å². The minimum atomic E-state index is -1.86. The summed E-state index contributed by atoms with van der Waals surface area (Å²) in [5, 5.41) is 43.1. The Morgan fingerprint density at radius 1 is 1.25 bits per heavy atom. The van der Waals surface area contributed by atoms with E-state index in [1.807, 2.05) is 0 Å². The van der Waals surface area contributed by atoms with Crippen LogP contribution in [-0.2, 0) is 4.79 Å². The smallest absolute Gasteiger partial charge is 0.189 e. The standard InChI is InChI=1S/C6H12O6.H2/c7-1-3(9)5(11)6(12)4(10)2-8;/h3,5-9,11-12H,1-2H2;1H. The lowest BCUT2D eigenvalue weighted by atomic mass is 10.1. The number of hydrogen-bond donors (Lipinski definition) is 5. The molecule has 0 amide bonds. The Bertz CT molecular complexity index is 152. The topological polar surface area (TPSA) is 118 Å². The second-order valence-electron chi connectivity index (χ2n) is 2.31.